The molecule has 24 heavy (non-hydrogen) atoms. The number of aryl methyl sites for hydroxylation is 1. The van der Waals surface area contributed by atoms with Gasteiger partial charge in [0.05, 0.1) is 18.4 Å². The molecular weight excluding hydrogens is 343 g/mol. The van der Waals surface area contributed by atoms with E-state index in [1.807, 2.05) is 0 Å². The van der Waals surface area contributed by atoms with Crippen LogP contribution in [0.15, 0.2) is 11.2 Å². The minimum atomic E-state index is -4.73. The molecule has 1 heterocycles. The minimum absolute atomic E-state index is 0.0350. The molecule has 10 nitrogen and oxygen atoms in total. The lowest BCUT2D eigenvalue weighted by Crippen LogP contribution is -2.23. The zero-order chi connectivity index (χ0) is 18.5. The van der Waals surface area contributed by atoms with E-state index in [1.165, 1.54) is 20.0 Å². The number of carboxylic acid groups (broad SMARTS) is 1. The van der Waals surface area contributed by atoms with E-state index < -0.39 is 32.5 Å². The number of aromatic hydroxyl groups is 1. The van der Waals surface area contributed by atoms with Crippen molar-refractivity contribution in [2.45, 2.75) is 39.0 Å². The van der Waals surface area contributed by atoms with Gasteiger partial charge in [-0.05, 0) is 13.8 Å². The van der Waals surface area contributed by atoms with Gasteiger partial charge in [0.25, 0.3) is 0 Å². The molecule has 0 saturated carbocycles. The molecule has 0 saturated heterocycles. The summed E-state index contributed by atoms with van der Waals surface area (Å²) in [7, 11) is -4.73. The number of phosphoric ester groups is 1. The molecule has 2 unspecified atom stereocenters. The van der Waals surface area contributed by atoms with Crippen molar-refractivity contribution in [3.63, 3.8) is 0 Å². The number of hydrogen-bond donors (Lipinski definition) is 5. The second-order valence-corrected chi connectivity index (χ2v) is 6.35. The van der Waals surface area contributed by atoms with Crippen molar-refractivity contribution >= 4 is 20.0 Å². The van der Waals surface area contributed by atoms with E-state index in [-0.39, 0.29) is 29.0 Å². The SMILES string of the molecule is Cc1ncc(COP(=O)(O)O)c(C=NC(CC(C)O)C(=O)O)c1O. The number of carboxylic acids is 1. The number of nitrogens with zero attached hydrogens (tertiary/aromatic N) is 2. The van der Waals surface area contributed by atoms with Gasteiger partial charge in [-0.2, -0.15) is 0 Å². The zero-order valence-corrected chi connectivity index (χ0v) is 13.9. The van der Waals surface area contributed by atoms with Crippen LogP contribution in [0.3, 0.4) is 0 Å². The Kier molecular flexibility index (Phi) is 7.00. The van der Waals surface area contributed by atoms with Gasteiger partial charge in [0.1, 0.15) is 11.8 Å². The number of rotatable bonds is 8. The van der Waals surface area contributed by atoms with Gasteiger partial charge in [-0.15, -0.1) is 0 Å². The summed E-state index contributed by atoms with van der Waals surface area (Å²) in [5.41, 5.74) is 0.373. The van der Waals surface area contributed by atoms with Crippen molar-refractivity contribution in [2.75, 3.05) is 0 Å². The fourth-order valence-electron chi connectivity index (χ4n) is 1.78. The Balaban J connectivity index is 3.15. The van der Waals surface area contributed by atoms with Crippen LogP contribution in [0.5, 0.6) is 5.75 Å². The number of pyridine rings is 1. The summed E-state index contributed by atoms with van der Waals surface area (Å²) >= 11 is 0. The van der Waals surface area contributed by atoms with Crippen LogP contribution in [-0.4, -0.2) is 54.4 Å². The van der Waals surface area contributed by atoms with Crippen LogP contribution in [0.25, 0.3) is 0 Å². The molecule has 1 aromatic heterocycles. The first-order valence-electron chi connectivity index (χ1n) is 6.82. The van der Waals surface area contributed by atoms with E-state index in [1.54, 1.807) is 0 Å². The minimum Gasteiger partial charge on any atom is -0.505 e. The van der Waals surface area contributed by atoms with Gasteiger partial charge < -0.3 is 25.1 Å². The van der Waals surface area contributed by atoms with E-state index in [0.717, 1.165) is 6.21 Å². The Morgan fingerprint density at radius 2 is 2.12 bits per heavy atom. The number of aromatic nitrogens is 1. The molecular formula is C13H19N2O8P. The highest BCUT2D eigenvalue weighted by molar-refractivity contribution is 7.46. The first-order valence-corrected chi connectivity index (χ1v) is 8.36. The van der Waals surface area contributed by atoms with Gasteiger partial charge in [0, 0.05) is 30.0 Å². The molecule has 5 N–H and O–H groups in total. The van der Waals surface area contributed by atoms with E-state index >= 15 is 0 Å². The van der Waals surface area contributed by atoms with Crippen LogP contribution in [0.1, 0.15) is 30.2 Å². The van der Waals surface area contributed by atoms with Crippen LogP contribution in [0.2, 0.25) is 0 Å². The van der Waals surface area contributed by atoms with Gasteiger partial charge in [0.2, 0.25) is 0 Å². The molecule has 0 aliphatic heterocycles. The molecule has 1 aromatic rings. The molecule has 0 spiro atoms. The first-order chi connectivity index (χ1) is 11.0. The number of aliphatic hydroxyl groups excluding tert-OH is 1. The third-order valence-electron chi connectivity index (χ3n) is 2.98. The summed E-state index contributed by atoms with van der Waals surface area (Å²) in [4.78, 5) is 36.3. The monoisotopic (exact) mass is 362 g/mol. The van der Waals surface area contributed by atoms with Crippen molar-refractivity contribution in [3.05, 3.63) is 23.0 Å². The molecule has 0 fully saturated rings. The summed E-state index contributed by atoms with van der Waals surface area (Å²) in [6, 6.07) is -1.24. The topological polar surface area (TPSA) is 170 Å². The van der Waals surface area contributed by atoms with Gasteiger partial charge in [-0.3, -0.25) is 14.5 Å². The Morgan fingerprint density at radius 1 is 1.50 bits per heavy atom. The largest absolute Gasteiger partial charge is 0.505 e. The predicted molar refractivity (Wildman–Crippen MR) is 82.8 cm³/mol. The number of hydrogen-bond acceptors (Lipinski definition) is 7. The maximum atomic E-state index is 11.1. The quantitative estimate of drug-likeness (QED) is 0.323. The maximum absolute atomic E-state index is 11.1. The van der Waals surface area contributed by atoms with Crippen molar-refractivity contribution in [3.8, 4) is 5.75 Å². The standard InChI is InChI=1S/C13H19N2O8P/c1-7(16)3-11(13(18)19)15-5-10-9(6-23-24(20,21)22)4-14-8(2)12(10)17/h4-5,7,11,16-17H,3,6H2,1-2H3,(H,18,19)(H2,20,21,22). The van der Waals surface area contributed by atoms with Crippen LogP contribution in [0.4, 0.5) is 0 Å². The lowest BCUT2D eigenvalue weighted by molar-refractivity contribution is -0.139. The highest BCUT2D eigenvalue weighted by atomic mass is 31.2. The highest BCUT2D eigenvalue weighted by Gasteiger charge is 2.20. The number of aliphatic imine (C=N–C) groups is 1. The van der Waals surface area contributed by atoms with Crippen molar-refractivity contribution in [2.24, 2.45) is 4.99 Å². The Hall–Kier alpha value is -1.84. The molecule has 0 aliphatic rings. The fraction of sp³-hybridized carbons (Fsp3) is 0.462. The van der Waals surface area contributed by atoms with Crippen molar-refractivity contribution in [1.82, 2.24) is 4.98 Å². The van der Waals surface area contributed by atoms with E-state index in [4.69, 9.17) is 14.9 Å². The average Bonchev–Trinajstić information content (AvgIpc) is 2.44. The summed E-state index contributed by atoms with van der Waals surface area (Å²) in [5, 5.41) is 28.4. The van der Waals surface area contributed by atoms with E-state index in [2.05, 4.69) is 14.5 Å². The lowest BCUT2D eigenvalue weighted by Gasteiger charge is -2.12. The summed E-state index contributed by atoms with van der Waals surface area (Å²) in [6.45, 7) is 2.35. The van der Waals surface area contributed by atoms with E-state index in [9.17, 15) is 19.6 Å². The maximum Gasteiger partial charge on any atom is 0.469 e. The molecule has 2 atom stereocenters. The number of aliphatic carboxylic acids is 1. The van der Waals surface area contributed by atoms with Gasteiger partial charge in [0.15, 0.2) is 0 Å². The molecule has 0 radical (unpaired) electrons. The second-order valence-electron chi connectivity index (χ2n) is 5.11. The van der Waals surface area contributed by atoms with Crippen LogP contribution < -0.4 is 0 Å². The lowest BCUT2D eigenvalue weighted by atomic mass is 10.1. The first kappa shape index (κ1) is 20.2. The van der Waals surface area contributed by atoms with E-state index in [0.29, 0.717) is 0 Å². The highest BCUT2D eigenvalue weighted by Crippen LogP contribution is 2.37. The van der Waals surface area contributed by atoms with Crippen molar-refractivity contribution in [1.29, 1.82) is 0 Å². The van der Waals surface area contributed by atoms with Crippen LogP contribution >= 0.6 is 7.82 Å². The van der Waals surface area contributed by atoms with Gasteiger partial charge in [-0.25, -0.2) is 9.36 Å². The Morgan fingerprint density at radius 3 is 2.62 bits per heavy atom. The second kappa shape index (κ2) is 8.32. The summed E-state index contributed by atoms with van der Waals surface area (Å²) in [5.74, 6) is -1.57. The molecule has 1 rings (SSSR count). The number of carbonyl (C=O) groups is 1. The number of phosphoric acid groups is 1. The van der Waals surface area contributed by atoms with Crippen LogP contribution in [0, 0.1) is 6.92 Å². The third-order valence-corrected chi connectivity index (χ3v) is 3.44. The summed E-state index contributed by atoms with van der Waals surface area (Å²) < 4.78 is 15.2. The summed E-state index contributed by atoms with van der Waals surface area (Å²) in [6.07, 6.45) is 1.26. The Bertz CT molecular complexity index is 670. The zero-order valence-electron chi connectivity index (χ0n) is 13.0. The molecule has 0 aromatic carbocycles. The Labute approximate surface area is 137 Å². The molecule has 0 bridgehead atoms. The smallest absolute Gasteiger partial charge is 0.469 e. The number of aliphatic hydroxyl groups is 1. The molecule has 0 aliphatic carbocycles. The predicted octanol–water partition coefficient (Wildman–Crippen LogP) is 0.348. The van der Waals surface area contributed by atoms with Crippen molar-refractivity contribution < 1.29 is 39.0 Å². The van der Waals surface area contributed by atoms with Gasteiger partial charge >= 0.3 is 13.8 Å². The molecule has 11 heteroatoms. The normalized spacial score (nSPS) is 14.7. The molecule has 0 amide bonds. The fourth-order valence-corrected chi connectivity index (χ4v) is 2.09. The molecule has 134 valence electrons. The van der Waals surface area contributed by atoms with Crippen LogP contribution in [-0.2, 0) is 20.5 Å². The third kappa shape index (κ3) is 6.34. The average molecular weight is 362 g/mol. The van der Waals surface area contributed by atoms with Gasteiger partial charge in [-0.1, -0.05) is 0 Å².